The molecule has 0 amide bonds. The zero-order chi connectivity index (χ0) is 22.3. The first-order chi connectivity index (χ1) is 15.2. The molecule has 4 nitrogen and oxygen atoms in total. The highest BCUT2D eigenvalue weighted by Gasteiger charge is 2.08. The fourth-order valence-electron chi connectivity index (χ4n) is 3.47. The fourth-order valence-corrected chi connectivity index (χ4v) is 3.66. The van der Waals surface area contributed by atoms with E-state index in [0.717, 1.165) is 30.2 Å². The van der Waals surface area contributed by atoms with Crippen molar-refractivity contribution in [3.63, 3.8) is 0 Å². The minimum absolute atomic E-state index is 0.417. The number of unbranched alkanes of at least 4 members (excludes halogenated alkanes) is 2. The molecule has 0 aliphatic carbocycles. The number of hydrogen-bond acceptors (Lipinski definition) is 4. The second-order valence-corrected chi connectivity index (χ2v) is 8.35. The van der Waals surface area contributed by atoms with E-state index in [1.165, 1.54) is 57.3 Å². The summed E-state index contributed by atoms with van der Waals surface area (Å²) in [4.78, 5) is 2.61. The normalized spacial score (nSPS) is 11.1. The van der Waals surface area contributed by atoms with Gasteiger partial charge in [-0.3, -0.25) is 0 Å². The van der Waals surface area contributed by atoms with Crippen LogP contribution in [0.3, 0.4) is 0 Å². The van der Waals surface area contributed by atoms with Gasteiger partial charge < -0.3 is 19.7 Å². The number of hydrogen-bond donors (Lipinski definition) is 1. The van der Waals surface area contributed by atoms with Crippen LogP contribution in [0.25, 0.3) is 0 Å². The molecular formula is C26H39ClN2O2. The first-order valence-electron chi connectivity index (χ1n) is 11.6. The molecule has 5 heteroatoms. The summed E-state index contributed by atoms with van der Waals surface area (Å²) >= 11 is 6.22. The van der Waals surface area contributed by atoms with E-state index in [0.29, 0.717) is 11.6 Å². The van der Waals surface area contributed by atoms with Crippen LogP contribution in [-0.4, -0.2) is 38.2 Å². The number of halogens is 1. The van der Waals surface area contributed by atoms with E-state index in [1.54, 1.807) is 7.11 Å². The van der Waals surface area contributed by atoms with E-state index >= 15 is 0 Å². The van der Waals surface area contributed by atoms with E-state index in [9.17, 15) is 0 Å². The van der Waals surface area contributed by atoms with Gasteiger partial charge >= 0.3 is 0 Å². The smallest absolute Gasteiger partial charge is 0.161 e. The third kappa shape index (κ3) is 9.51. The minimum atomic E-state index is 0.417. The first-order valence-corrected chi connectivity index (χ1v) is 12.0. The van der Waals surface area contributed by atoms with E-state index < -0.39 is 0 Å². The second-order valence-electron chi connectivity index (χ2n) is 7.94. The molecule has 0 saturated heterocycles. The van der Waals surface area contributed by atoms with Gasteiger partial charge in [-0.1, -0.05) is 62.6 Å². The van der Waals surface area contributed by atoms with Crippen molar-refractivity contribution in [3.8, 4) is 11.5 Å². The Balaban J connectivity index is 1.77. The van der Waals surface area contributed by atoms with Gasteiger partial charge in [0.05, 0.1) is 7.11 Å². The molecule has 0 unspecified atom stereocenters. The Bertz CT molecular complexity index is 746. The molecular weight excluding hydrogens is 408 g/mol. The van der Waals surface area contributed by atoms with Crippen LogP contribution in [-0.2, 0) is 13.2 Å². The van der Waals surface area contributed by atoms with E-state index in [2.05, 4.69) is 30.1 Å². The van der Waals surface area contributed by atoms with Gasteiger partial charge in [0.1, 0.15) is 6.61 Å². The molecule has 0 bridgehead atoms. The Morgan fingerprint density at radius 2 is 1.61 bits per heavy atom. The van der Waals surface area contributed by atoms with E-state index in [-0.39, 0.29) is 0 Å². The van der Waals surface area contributed by atoms with Gasteiger partial charge in [0, 0.05) is 17.1 Å². The van der Waals surface area contributed by atoms with Crippen LogP contribution in [0.1, 0.15) is 57.1 Å². The lowest BCUT2D eigenvalue weighted by Crippen LogP contribution is -2.29. The zero-order valence-electron chi connectivity index (χ0n) is 19.5. The molecule has 31 heavy (non-hydrogen) atoms. The van der Waals surface area contributed by atoms with Crippen molar-refractivity contribution in [2.24, 2.45) is 0 Å². The monoisotopic (exact) mass is 446 g/mol. The highest BCUT2D eigenvalue weighted by molar-refractivity contribution is 6.31. The molecule has 2 aromatic carbocycles. The number of methoxy groups -OCH3 is 1. The van der Waals surface area contributed by atoms with Crippen LogP contribution in [0, 0.1) is 0 Å². The van der Waals surface area contributed by atoms with Crippen molar-refractivity contribution in [1.82, 2.24) is 10.2 Å². The number of benzene rings is 2. The van der Waals surface area contributed by atoms with Gasteiger partial charge in [-0.15, -0.1) is 0 Å². The number of ether oxygens (including phenoxy) is 2. The zero-order valence-corrected chi connectivity index (χ0v) is 20.2. The molecule has 0 atom stereocenters. The summed E-state index contributed by atoms with van der Waals surface area (Å²) in [6.45, 7) is 10.4. The van der Waals surface area contributed by atoms with Crippen LogP contribution in [0.4, 0.5) is 0 Å². The van der Waals surface area contributed by atoms with Gasteiger partial charge in [0.2, 0.25) is 0 Å². The maximum Gasteiger partial charge on any atom is 0.161 e. The number of rotatable bonds is 16. The minimum Gasteiger partial charge on any atom is -0.493 e. The predicted octanol–water partition coefficient (Wildman–Crippen LogP) is 6.31. The highest BCUT2D eigenvalue weighted by atomic mass is 35.5. The summed E-state index contributed by atoms with van der Waals surface area (Å²) in [5.74, 6) is 1.48. The fraction of sp³-hybridized carbons (Fsp3) is 0.538. The van der Waals surface area contributed by atoms with Crippen molar-refractivity contribution >= 4 is 11.6 Å². The third-order valence-electron chi connectivity index (χ3n) is 5.38. The summed E-state index contributed by atoms with van der Waals surface area (Å²) in [5.41, 5.74) is 2.15. The Labute approximate surface area is 193 Å². The molecule has 2 aromatic rings. The summed E-state index contributed by atoms with van der Waals surface area (Å²) in [5, 5.41) is 4.28. The molecule has 0 radical (unpaired) electrons. The topological polar surface area (TPSA) is 33.7 Å². The molecule has 2 rings (SSSR count). The number of nitrogens with one attached hydrogen (secondary N) is 1. The average molecular weight is 447 g/mol. The lowest BCUT2D eigenvalue weighted by Gasteiger charge is -2.22. The Morgan fingerprint density at radius 1 is 0.903 bits per heavy atom. The third-order valence-corrected chi connectivity index (χ3v) is 5.75. The van der Waals surface area contributed by atoms with Crippen molar-refractivity contribution in [2.45, 2.75) is 59.1 Å². The van der Waals surface area contributed by atoms with Crippen LogP contribution >= 0.6 is 11.6 Å². The Hall–Kier alpha value is -1.75. The first kappa shape index (κ1) is 25.5. The van der Waals surface area contributed by atoms with Gasteiger partial charge in [0.15, 0.2) is 11.5 Å². The molecule has 1 N–H and O–H groups in total. The molecule has 0 saturated carbocycles. The summed E-state index contributed by atoms with van der Waals surface area (Å²) in [6, 6.07) is 13.8. The average Bonchev–Trinajstić information content (AvgIpc) is 2.79. The lowest BCUT2D eigenvalue weighted by molar-refractivity contribution is 0.261. The molecule has 0 spiro atoms. The van der Waals surface area contributed by atoms with Crippen LogP contribution in [0.15, 0.2) is 42.5 Å². The quantitative estimate of drug-likeness (QED) is 0.306. The standard InChI is InChI=1S/C26H39ClN2O2/c1-4-6-16-29(17-7-5-2)18-10-15-28-20-22-13-14-25(26(19-22)30-3)31-21-23-11-8-9-12-24(23)27/h8-9,11-14,19,28H,4-7,10,15-18,20-21H2,1-3H3. The summed E-state index contributed by atoms with van der Waals surface area (Å²) < 4.78 is 11.5. The molecule has 0 fully saturated rings. The van der Waals surface area contributed by atoms with E-state index in [4.69, 9.17) is 21.1 Å². The van der Waals surface area contributed by atoms with Gasteiger partial charge in [-0.25, -0.2) is 0 Å². The summed E-state index contributed by atoms with van der Waals surface area (Å²) in [7, 11) is 1.68. The van der Waals surface area contributed by atoms with Crippen LogP contribution < -0.4 is 14.8 Å². The van der Waals surface area contributed by atoms with Gasteiger partial charge in [-0.2, -0.15) is 0 Å². The highest BCUT2D eigenvalue weighted by Crippen LogP contribution is 2.29. The largest absolute Gasteiger partial charge is 0.493 e. The predicted molar refractivity (Wildman–Crippen MR) is 131 cm³/mol. The Kier molecular flexibility index (Phi) is 12.4. The maximum atomic E-state index is 6.22. The molecule has 0 aliphatic heterocycles. The van der Waals surface area contributed by atoms with Crippen LogP contribution in [0.5, 0.6) is 11.5 Å². The molecule has 172 valence electrons. The van der Waals surface area contributed by atoms with Crippen molar-refractivity contribution in [3.05, 3.63) is 58.6 Å². The van der Waals surface area contributed by atoms with Gasteiger partial charge in [0.25, 0.3) is 0 Å². The van der Waals surface area contributed by atoms with Crippen LogP contribution in [0.2, 0.25) is 5.02 Å². The van der Waals surface area contributed by atoms with Crippen molar-refractivity contribution in [1.29, 1.82) is 0 Å². The summed E-state index contributed by atoms with van der Waals surface area (Å²) in [6.07, 6.45) is 6.29. The lowest BCUT2D eigenvalue weighted by atomic mass is 10.2. The van der Waals surface area contributed by atoms with Crippen molar-refractivity contribution in [2.75, 3.05) is 33.3 Å². The van der Waals surface area contributed by atoms with E-state index in [1.807, 2.05) is 36.4 Å². The molecule has 0 aromatic heterocycles. The van der Waals surface area contributed by atoms with Gasteiger partial charge in [-0.05, 0) is 69.2 Å². The maximum absolute atomic E-state index is 6.22. The van der Waals surface area contributed by atoms with Crippen molar-refractivity contribution < 1.29 is 9.47 Å². The second kappa shape index (κ2) is 15.1. The molecule has 0 aliphatic rings. The Morgan fingerprint density at radius 3 is 2.29 bits per heavy atom. The number of nitrogens with zero attached hydrogens (tertiary/aromatic N) is 1. The molecule has 0 heterocycles. The SMILES string of the molecule is CCCCN(CCCC)CCCNCc1ccc(OCc2ccccc2Cl)c(OC)c1.